The number of hydrogen-bond donors (Lipinski definition) is 2. The third kappa shape index (κ3) is 2.18. The van der Waals surface area contributed by atoms with Crippen LogP contribution < -0.4 is 5.32 Å². The topological polar surface area (TPSA) is 79.3 Å². The number of pyridine rings is 1. The molecule has 1 aromatic heterocycles. The third-order valence-corrected chi connectivity index (χ3v) is 2.71. The summed E-state index contributed by atoms with van der Waals surface area (Å²) in [5.41, 5.74) is 0.109. The summed E-state index contributed by atoms with van der Waals surface area (Å²) >= 11 is 0. The van der Waals surface area contributed by atoms with Gasteiger partial charge in [0.2, 0.25) is 5.91 Å². The molecule has 2 atom stereocenters. The molecule has 1 aliphatic rings. The zero-order chi connectivity index (χ0) is 11.7. The summed E-state index contributed by atoms with van der Waals surface area (Å²) in [4.78, 5) is 26.0. The number of nitrogens with zero attached hydrogens (tertiary/aromatic N) is 1. The van der Waals surface area contributed by atoms with Crippen LogP contribution in [0.3, 0.4) is 0 Å². The van der Waals surface area contributed by atoms with Gasteiger partial charge in [-0.25, -0.2) is 9.78 Å². The van der Waals surface area contributed by atoms with Crippen molar-refractivity contribution in [2.75, 3.05) is 5.32 Å². The van der Waals surface area contributed by atoms with E-state index in [1.807, 2.05) is 6.92 Å². The number of rotatable bonds is 3. The Kier molecular flexibility index (Phi) is 2.60. The summed E-state index contributed by atoms with van der Waals surface area (Å²) in [7, 11) is 0. The van der Waals surface area contributed by atoms with Crippen molar-refractivity contribution in [3.05, 3.63) is 23.9 Å². The van der Waals surface area contributed by atoms with E-state index in [2.05, 4.69) is 10.3 Å². The summed E-state index contributed by atoms with van der Waals surface area (Å²) in [5.74, 6) is -0.141. The van der Waals surface area contributed by atoms with Gasteiger partial charge in [0.25, 0.3) is 0 Å². The number of hydrogen-bond acceptors (Lipinski definition) is 3. The molecule has 0 radical (unpaired) electrons. The Morgan fingerprint density at radius 2 is 2.19 bits per heavy atom. The first-order chi connectivity index (χ1) is 7.58. The van der Waals surface area contributed by atoms with Crippen LogP contribution in [0.15, 0.2) is 18.3 Å². The number of anilines is 1. The molecule has 0 saturated heterocycles. The number of aromatic nitrogens is 1. The zero-order valence-electron chi connectivity index (χ0n) is 8.80. The monoisotopic (exact) mass is 220 g/mol. The van der Waals surface area contributed by atoms with Gasteiger partial charge in [0.05, 0.1) is 5.56 Å². The first kappa shape index (κ1) is 10.6. The molecule has 2 rings (SSSR count). The van der Waals surface area contributed by atoms with Gasteiger partial charge in [0.15, 0.2) is 0 Å². The maximum absolute atomic E-state index is 11.5. The quantitative estimate of drug-likeness (QED) is 0.806. The molecule has 1 saturated carbocycles. The van der Waals surface area contributed by atoms with Crippen LogP contribution in [0.25, 0.3) is 0 Å². The molecule has 84 valence electrons. The Balaban J connectivity index is 2.00. The highest BCUT2D eigenvalue weighted by molar-refractivity contribution is 5.94. The van der Waals surface area contributed by atoms with Gasteiger partial charge in [0, 0.05) is 12.1 Å². The number of aromatic carboxylic acids is 1. The van der Waals surface area contributed by atoms with Crippen molar-refractivity contribution in [2.24, 2.45) is 11.8 Å². The van der Waals surface area contributed by atoms with Gasteiger partial charge in [-0.05, 0) is 24.5 Å². The second-order valence-corrected chi connectivity index (χ2v) is 4.05. The number of carbonyl (C=O) groups is 2. The molecule has 5 heteroatoms. The van der Waals surface area contributed by atoms with E-state index in [1.54, 1.807) is 0 Å². The van der Waals surface area contributed by atoms with Crippen molar-refractivity contribution < 1.29 is 14.7 Å². The molecule has 5 nitrogen and oxygen atoms in total. The van der Waals surface area contributed by atoms with Gasteiger partial charge < -0.3 is 10.4 Å². The average molecular weight is 220 g/mol. The predicted octanol–water partition coefficient (Wildman–Crippen LogP) is 1.37. The lowest BCUT2D eigenvalue weighted by atomic mass is 10.3. The fraction of sp³-hybridized carbons (Fsp3) is 0.364. The minimum atomic E-state index is -1.03. The normalized spacial score (nSPS) is 22.6. The fourth-order valence-corrected chi connectivity index (χ4v) is 1.50. The Bertz CT molecular complexity index is 427. The van der Waals surface area contributed by atoms with Crippen molar-refractivity contribution >= 4 is 17.7 Å². The van der Waals surface area contributed by atoms with Gasteiger partial charge >= 0.3 is 5.97 Å². The Morgan fingerprint density at radius 1 is 1.50 bits per heavy atom. The second-order valence-electron chi connectivity index (χ2n) is 4.05. The van der Waals surface area contributed by atoms with E-state index in [-0.39, 0.29) is 17.4 Å². The molecule has 2 unspecified atom stereocenters. The molecule has 0 spiro atoms. The largest absolute Gasteiger partial charge is 0.478 e. The van der Waals surface area contributed by atoms with E-state index in [4.69, 9.17) is 5.11 Å². The number of amides is 1. The molecule has 16 heavy (non-hydrogen) atoms. The first-order valence-corrected chi connectivity index (χ1v) is 5.08. The van der Waals surface area contributed by atoms with Gasteiger partial charge in [-0.2, -0.15) is 0 Å². The highest BCUT2D eigenvalue weighted by Crippen LogP contribution is 2.38. The minimum Gasteiger partial charge on any atom is -0.478 e. The van der Waals surface area contributed by atoms with E-state index in [1.165, 1.54) is 18.3 Å². The van der Waals surface area contributed by atoms with E-state index in [9.17, 15) is 9.59 Å². The number of nitrogens with one attached hydrogen (secondary N) is 1. The van der Waals surface area contributed by atoms with Gasteiger partial charge in [-0.1, -0.05) is 6.92 Å². The standard InChI is InChI=1S/C11H12N2O3/c1-6-4-8(6)10(14)13-9-3-2-7(5-12-9)11(15)16/h2-3,5-6,8H,4H2,1H3,(H,15,16)(H,12,13,14). The Labute approximate surface area is 92.5 Å². The summed E-state index contributed by atoms with van der Waals surface area (Å²) in [5, 5.41) is 11.3. The molecule has 1 amide bonds. The van der Waals surface area contributed by atoms with Crippen molar-refractivity contribution in [2.45, 2.75) is 13.3 Å². The summed E-state index contributed by atoms with van der Waals surface area (Å²) in [6.07, 6.45) is 2.15. The van der Waals surface area contributed by atoms with Crippen LogP contribution in [0.5, 0.6) is 0 Å². The van der Waals surface area contributed by atoms with Crippen LogP contribution in [-0.4, -0.2) is 22.0 Å². The zero-order valence-corrected chi connectivity index (χ0v) is 8.80. The van der Waals surface area contributed by atoms with Crippen LogP contribution in [0.4, 0.5) is 5.82 Å². The van der Waals surface area contributed by atoms with Crippen molar-refractivity contribution in [3.8, 4) is 0 Å². The van der Waals surface area contributed by atoms with Crippen LogP contribution in [-0.2, 0) is 4.79 Å². The molecule has 0 aliphatic heterocycles. The highest BCUT2D eigenvalue weighted by Gasteiger charge is 2.39. The summed E-state index contributed by atoms with van der Waals surface area (Å²) < 4.78 is 0. The van der Waals surface area contributed by atoms with Crippen LogP contribution in [0.1, 0.15) is 23.7 Å². The van der Waals surface area contributed by atoms with E-state index in [0.717, 1.165) is 6.42 Å². The Morgan fingerprint density at radius 3 is 2.62 bits per heavy atom. The lowest BCUT2D eigenvalue weighted by Crippen LogP contribution is -2.15. The average Bonchev–Trinajstić information content (AvgIpc) is 2.96. The van der Waals surface area contributed by atoms with E-state index < -0.39 is 5.97 Å². The third-order valence-electron chi connectivity index (χ3n) is 2.71. The predicted molar refractivity (Wildman–Crippen MR) is 57.1 cm³/mol. The lowest BCUT2D eigenvalue weighted by Gasteiger charge is -2.03. The van der Waals surface area contributed by atoms with Crippen LogP contribution in [0.2, 0.25) is 0 Å². The second kappa shape index (κ2) is 3.92. The fourth-order valence-electron chi connectivity index (χ4n) is 1.50. The molecular weight excluding hydrogens is 208 g/mol. The highest BCUT2D eigenvalue weighted by atomic mass is 16.4. The Hall–Kier alpha value is -1.91. The first-order valence-electron chi connectivity index (χ1n) is 5.08. The molecule has 1 fully saturated rings. The minimum absolute atomic E-state index is 0.0388. The van der Waals surface area contributed by atoms with Crippen molar-refractivity contribution in [3.63, 3.8) is 0 Å². The summed E-state index contributed by atoms with van der Waals surface area (Å²) in [6, 6.07) is 2.91. The van der Waals surface area contributed by atoms with Crippen LogP contribution >= 0.6 is 0 Å². The molecule has 1 heterocycles. The number of carboxylic acids is 1. The van der Waals surface area contributed by atoms with Gasteiger partial charge in [0.1, 0.15) is 5.82 Å². The molecule has 1 aromatic rings. The molecule has 0 aromatic carbocycles. The lowest BCUT2D eigenvalue weighted by molar-refractivity contribution is -0.117. The van der Waals surface area contributed by atoms with Crippen LogP contribution in [0, 0.1) is 11.8 Å². The SMILES string of the molecule is CC1CC1C(=O)Nc1ccc(C(=O)O)cn1. The molecular formula is C11H12N2O3. The van der Waals surface area contributed by atoms with E-state index >= 15 is 0 Å². The van der Waals surface area contributed by atoms with Gasteiger partial charge in [-0.15, -0.1) is 0 Å². The number of carboxylic acid groups (broad SMARTS) is 1. The smallest absolute Gasteiger partial charge is 0.337 e. The maximum atomic E-state index is 11.5. The molecule has 2 N–H and O–H groups in total. The van der Waals surface area contributed by atoms with Crippen molar-refractivity contribution in [1.29, 1.82) is 0 Å². The molecule has 0 bridgehead atoms. The number of carbonyl (C=O) groups excluding carboxylic acids is 1. The van der Waals surface area contributed by atoms with E-state index in [0.29, 0.717) is 11.7 Å². The maximum Gasteiger partial charge on any atom is 0.337 e. The molecule has 1 aliphatic carbocycles. The van der Waals surface area contributed by atoms with Crippen molar-refractivity contribution in [1.82, 2.24) is 4.98 Å². The summed E-state index contributed by atoms with van der Waals surface area (Å²) in [6.45, 7) is 2.02. The van der Waals surface area contributed by atoms with Gasteiger partial charge in [-0.3, -0.25) is 4.79 Å².